The topological polar surface area (TPSA) is 82.6 Å². The highest BCUT2D eigenvalue weighted by molar-refractivity contribution is 5.75. The molecule has 7 heteroatoms. The summed E-state index contributed by atoms with van der Waals surface area (Å²) in [7, 11) is 3.24. The van der Waals surface area contributed by atoms with Crippen LogP contribution in [0.4, 0.5) is 11.5 Å². The van der Waals surface area contributed by atoms with E-state index in [0.717, 1.165) is 40.1 Å². The molecule has 0 fully saturated rings. The minimum absolute atomic E-state index is 0.262. The van der Waals surface area contributed by atoms with Gasteiger partial charge in [0.15, 0.2) is 11.5 Å². The summed E-state index contributed by atoms with van der Waals surface area (Å²) in [5, 5.41) is 0. The Morgan fingerprint density at radius 1 is 1.03 bits per heavy atom. The number of aryl methyl sites for hydroxylation is 4. The number of hydrogen-bond donors (Lipinski definition) is 1. The van der Waals surface area contributed by atoms with Gasteiger partial charge in [0.1, 0.15) is 5.82 Å². The Morgan fingerprint density at radius 2 is 1.69 bits per heavy atom. The normalized spacial score (nSPS) is 12.2. The van der Waals surface area contributed by atoms with Crippen LogP contribution in [0.25, 0.3) is 11.3 Å². The molecule has 7 nitrogen and oxygen atoms in total. The fourth-order valence-electron chi connectivity index (χ4n) is 4.74. The van der Waals surface area contributed by atoms with Crippen molar-refractivity contribution in [3.63, 3.8) is 0 Å². The van der Waals surface area contributed by atoms with Crippen LogP contribution in [0.15, 0.2) is 35.1 Å². The van der Waals surface area contributed by atoms with E-state index in [9.17, 15) is 4.79 Å². The summed E-state index contributed by atoms with van der Waals surface area (Å²) in [5.41, 5.74) is 13.1. The molecule has 1 aliphatic heterocycles. The molecule has 0 unspecified atom stereocenters. The number of ether oxygens (including phenoxy) is 2. The van der Waals surface area contributed by atoms with Gasteiger partial charge in [-0.1, -0.05) is 17.7 Å². The summed E-state index contributed by atoms with van der Waals surface area (Å²) in [6.07, 6.45) is 0.728. The molecule has 0 aliphatic carbocycles. The third-order valence-corrected chi connectivity index (χ3v) is 6.02. The Labute approximate surface area is 188 Å². The maximum Gasteiger partial charge on any atom is 0.350 e. The molecule has 2 heterocycles. The van der Waals surface area contributed by atoms with Gasteiger partial charge in [0.05, 0.1) is 19.9 Å². The molecule has 2 aromatic carbocycles. The molecule has 2 N–H and O–H groups in total. The summed E-state index contributed by atoms with van der Waals surface area (Å²) >= 11 is 0. The van der Waals surface area contributed by atoms with E-state index in [4.69, 9.17) is 15.2 Å². The highest BCUT2D eigenvalue weighted by atomic mass is 16.5. The summed E-state index contributed by atoms with van der Waals surface area (Å²) in [4.78, 5) is 19.6. The molecule has 1 aromatic heterocycles. The Hall–Kier alpha value is -3.32. The summed E-state index contributed by atoms with van der Waals surface area (Å²) in [6.45, 7) is 7.81. The predicted molar refractivity (Wildman–Crippen MR) is 127 cm³/mol. The Morgan fingerprint density at radius 3 is 2.31 bits per heavy atom. The fourth-order valence-corrected chi connectivity index (χ4v) is 4.74. The molecular formula is C25H30N4O3. The van der Waals surface area contributed by atoms with Gasteiger partial charge in [-0.3, -0.25) is 4.57 Å². The number of anilines is 2. The fraction of sp³-hybridized carbons (Fsp3) is 0.360. The van der Waals surface area contributed by atoms with Gasteiger partial charge in [0.2, 0.25) is 0 Å². The first kappa shape index (κ1) is 21.9. The molecule has 0 spiro atoms. The van der Waals surface area contributed by atoms with Crippen LogP contribution in [-0.4, -0.2) is 36.9 Å². The van der Waals surface area contributed by atoms with E-state index >= 15 is 0 Å². The van der Waals surface area contributed by atoms with E-state index in [0.29, 0.717) is 37.0 Å². The Kier molecular flexibility index (Phi) is 5.93. The first-order valence-electron chi connectivity index (χ1n) is 10.8. The molecule has 0 radical (unpaired) electrons. The average molecular weight is 435 g/mol. The summed E-state index contributed by atoms with van der Waals surface area (Å²) < 4.78 is 12.7. The first-order valence-corrected chi connectivity index (χ1v) is 10.8. The lowest BCUT2D eigenvalue weighted by Gasteiger charge is -2.29. The van der Waals surface area contributed by atoms with Crippen molar-refractivity contribution in [2.45, 2.75) is 33.7 Å². The molecule has 0 amide bonds. The van der Waals surface area contributed by atoms with Crippen LogP contribution < -0.4 is 25.8 Å². The molecule has 0 saturated carbocycles. The lowest BCUT2D eigenvalue weighted by molar-refractivity contribution is 0.354. The lowest BCUT2D eigenvalue weighted by atomic mass is 9.96. The molecule has 0 atom stereocenters. The molecule has 0 saturated heterocycles. The monoisotopic (exact) mass is 434 g/mol. The van der Waals surface area contributed by atoms with Crippen LogP contribution in [0, 0.1) is 20.8 Å². The van der Waals surface area contributed by atoms with Gasteiger partial charge in [-0.25, -0.2) is 4.79 Å². The van der Waals surface area contributed by atoms with Crippen LogP contribution >= 0.6 is 0 Å². The number of benzene rings is 2. The second kappa shape index (κ2) is 8.67. The Bertz CT molecular complexity index is 1210. The predicted octanol–water partition coefficient (Wildman–Crippen LogP) is 3.51. The van der Waals surface area contributed by atoms with Crippen LogP contribution in [0.2, 0.25) is 0 Å². The van der Waals surface area contributed by atoms with Gasteiger partial charge in [-0.05, 0) is 56.0 Å². The molecule has 0 bridgehead atoms. The zero-order valence-corrected chi connectivity index (χ0v) is 19.4. The van der Waals surface area contributed by atoms with E-state index in [-0.39, 0.29) is 5.69 Å². The zero-order valence-electron chi connectivity index (χ0n) is 19.4. The number of nitrogens with zero attached hydrogens (tertiary/aromatic N) is 3. The van der Waals surface area contributed by atoms with Crippen molar-refractivity contribution in [3.05, 3.63) is 63.1 Å². The van der Waals surface area contributed by atoms with Crippen molar-refractivity contribution in [3.8, 4) is 22.8 Å². The molecule has 4 rings (SSSR count). The standard InChI is InChI=1S/C25H30N4O3/c1-15-10-16(2)24(17(3)11-15)29(9-7-26)23-14-20-19-13-22(32-5)21(31-4)12-18(19)6-8-28(20)25(30)27-23/h10-14H,6-9,26H2,1-5H3. The molecular weight excluding hydrogens is 404 g/mol. The van der Waals surface area contributed by atoms with Crippen LogP contribution in [0.1, 0.15) is 22.3 Å². The van der Waals surface area contributed by atoms with E-state index in [1.165, 1.54) is 5.56 Å². The van der Waals surface area contributed by atoms with Crippen molar-refractivity contribution in [1.82, 2.24) is 9.55 Å². The quantitative estimate of drug-likeness (QED) is 0.639. The van der Waals surface area contributed by atoms with Gasteiger partial charge in [-0.2, -0.15) is 4.98 Å². The largest absolute Gasteiger partial charge is 0.493 e. The molecule has 3 aromatic rings. The van der Waals surface area contributed by atoms with Gasteiger partial charge in [0.25, 0.3) is 0 Å². The van der Waals surface area contributed by atoms with Crippen molar-refractivity contribution >= 4 is 11.5 Å². The number of hydrogen-bond acceptors (Lipinski definition) is 6. The maximum absolute atomic E-state index is 13.1. The number of methoxy groups -OCH3 is 2. The molecule has 168 valence electrons. The lowest BCUT2D eigenvalue weighted by Crippen LogP contribution is -2.33. The summed E-state index contributed by atoms with van der Waals surface area (Å²) in [5.74, 6) is 1.92. The van der Waals surface area contributed by atoms with E-state index in [1.54, 1.807) is 18.8 Å². The van der Waals surface area contributed by atoms with Crippen LogP contribution in [0.5, 0.6) is 11.5 Å². The van der Waals surface area contributed by atoms with Crippen LogP contribution in [-0.2, 0) is 13.0 Å². The maximum atomic E-state index is 13.1. The van der Waals surface area contributed by atoms with Crippen molar-refractivity contribution in [2.75, 3.05) is 32.2 Å². The third-order valence-electron chi connectivity index (χ3n) is 6.02. The minimum Gasteiger partial charge on any atom is -0.493 e. The summed E-state index contributed by atoms with van der Waals surface area (Å²) in [6, 6.07) is 10.2. The van der Waals surface area contributed by atoms with E-state index in [2.05, 4.69) is 42.8 Å². The van der Waals surface area contributed by atoms with Crippen molar-refractivity contribution in [1.29, 1.82) is 0 Å². The first-order chi connectivity index (χ1) is 15.4. The number of rotatable bonds is 6. The second-order valence-electron chi connectivity index (χ2n) is 8.24. The van der Waals surface area contributed by atoms with Gasteiger partial charge >= 0.3 is 5.69 Å². The SMILES string of the molecule is COc1cc2c(cc1OC)-c1cc(N(CCN)c3c(C)cc(C)cc3C)nc(=O)n1CC2. The Balaban J connectivity index is 1.92. The third kappa shape index (κ3) is 3.73. The number of aromatic nitrogens is 2. The van der Waals surface area contributed by atoms with Crippen molar-refractivity contribution in [2.24, 2.45) is 5.73 Å². The van der Waals surface area contributed by atoms with Gasteiger partial charge in [0, 0.05) is 37.0 Å². The molecule has 1 aliphatic rings. The highest BCUT2D eigenvalue weighted by Crippen LogP contribution is 2.39. The highest BCUT2D eigenvalue weighted by Gasteiger charge is 2.24. The second-order valence-corrected chi connectivity index (χ2v) is 8.24. The number of nitrogens with two attached hydrogens (primary N) is 1. The minimum atomic E-state index is -0.262. The number of fused-ring (bicyclic) bond motifs is 3. The van der Waals surface area contributed by atoms with Gasteiger partial charge < -0.3 is 20.1 Å². The van der Waals surface area contributed by atoms with E-state index in [1.807, 2.05) is 18.2 Å². The zero-order chi connectivity index (χ0) is 23.0. The van der Waals surface area contributed by atoms with Gasteiger partial charge in [-0.15, -0.1) is 0 Å². The van der Waals surface area contributed by atoms with Crippen LogP contribution in [0.3, 0.4) is 0 Å². The smallest absolute Gasteiger partial charge is 0.350 e. The van der Waals surface area contributed by atoms with Crippen molar-refractivity contribution < 1.29 is 9.47 Å². The molecule has 32 heavy (non-hydrogen) atoms. The average Bonchev–Trinajstić information content (AvgIpc) is 2.76. The van der Waals surface area contributed by atoms with E-state index < -0.39 is 0 Å².